The van der Waals surface area contributed by atoms with Crippen molar-refractivity contribution in [1.29, 1.82) is 0 Å². The van der Waals surface area contributed by atoms with Crippen molar-refractivity contribution in [2.45, 2.75) is 45.2 Å². The van der Waals surface area contributed by atoms with Gasteiger partial charge in [-0.25, -0.2) is 4.67 Å². The third-order valence-corrected chi connectivity index (χ3v) is 6.93. The van der Waals surface area contributed by atoms with Gasteiger partial charge in [-0.15, -0.1) is 0 Å². The van der Waals surface area contributed by atoms with E-state index in [2.05, 4.69) is 31.4 Å². The molecule has 4 nitrogen and oxygen atoms in total. The molecule has 0 bridgehead atoms. The molecule has 4 fully saturated rings. The summed E-state index contributed by atoms with van der Waals surface area (Å²) >= 11 is 0. The Kier molecular flexibility index (Phi) is 12.1. The third kappa shape index (κ3) is 7.64. The van der Waals surface area contributed by atoms with E-state index in [4.69, 9.17) is 14.0 Å². The molecule has 0 spiro atoms. The van der Waals surface area contributed by atoms with Gasteiger partial charge in [0, 0.05) is 24.7 Å². The van der Waals surface area contributed by atoms with Crippen LogP contribution in [0.4, 0.5) is 0 Å². The Balaban J connectivity index is 0.000000408. The number of aliphatic imine (C=N–C) groups is 1. The second kappa shape index (κ2) is 13.7. The van der Waals surface area contributed by atoms with Crippen LogP contribution in [0.15, 0.2) is 4.99 Å². The topological polar surface area (TPSA) is 34.1 Å². The van der Waals surface area contributed by atoms with E-state index in [9.17, 15) is 0 Å². The van der Waals surface area contributed by atoms with Crippen LogP contribution in [0.3, 0.4) is 0 Å². The van der Waals surface area contributed by atoms with Crippen molar-refractivity contribution < 1.29 is 26.1 Å². The van der Waals surface area contributed by atoms with Crippen LogP contribution in [0.25, 0.3) is 0 Å². The first-order valence-electron chi connectivity index (χ1n) is 10.0. The van der Waals surface area contributed by atoms with Crippen LogP contribution < -0.4 is 0 Å². The first-order chi connectivity index (χ1) is 13.3. The van der Waals surface area contributed by atoms with E-state index in [-0.39, 0.29) is 23.1 Å². The smallest absolute Gasteiger partial charge is 0.320 e. The zero-order valence-corrected chi connectivity index (χ0v) is 18.8. The van der Waals surface area contributed by atoms with E-state index in [0.717, 1.165) is 25.5 Å². The average Bonchev–Trinajstić information content (AvgIpc) is 3.48. The summed E-state index contributed by atoms with van der Waals surface area (Å²) in [5.41, 5.74) is 0. The van der Waals surface area contributed by atoms with E-state index >= 15 is 0 Å². The minimum atomic E-state index is -0.844. The quantitative estimate of drug-likeness (QED) is 0.328. The Labute approximate surface area is 185 Å². The number of rotatable bonds is 7. The minimum absolute atomic E-state index is 0. The Morgan fingerprint density at radius 3 is 2.54 bits per heavy atom. The monoisotopic (exact) mass is 442 g/mol. The summed E-state index contributed by atoms with van der Waals surface area (Å²) in [5, 5.41) is 0. The van der Waals surface area contributed by atoms with E-state index in [1.807, 2.05) is 51.2 Å². The van der Waals surface area contributed by atoms with Crippen LogP contribution in [0.2, 0.25) is 0 Å². The maximum absolute atomic E-state index is 6.13. The van der Waals surface area contributed by atoms with Gasteiger partial charge in [-0.05, 0) is 76.5 Å². The van der Waals surface area contributed by atoms with Gasteiger partial charge >= 0.3 is 17.1 Å². The zero-order chi connectivity index (χ0) is 18.9. The van der Waals surface area contributed by atoms with Crippen molar-refractivity contribution in [2.24, 2.45) is 10.9 Å². The van der Waals surface area contributed by atoms with Crippen molar-refractivity contribution in [3.63, 3.8) is 0 Å². The normalized spacial score (nSPS) is 30.1. The fourth-order valence-corrected chi connectivity index (χ4v) is 4.99. The van der Waals surface area contributed by atoms with Crippen molar-refractivity contribution in [1.82, 2.24) is 4.67 Å². The molecule has 152 valence electrons. The predicted molar refractivity (Wildman–Crippen MR) is 112 cm³/mol. The molecule has 0 aromatic heterocycles. The van der Waals surface area contributed by atoms with Crippen molar-refractivity contribution in [3.05, 3.63) is 63.7 Å². The first kappa shape index (κ1) is 24.8. The molecule has 2 saturated carbocycles. The van der Waals surface area contributed by atoms with E-state index in [0.29, 0.717) is 18.6 Å². The molecule has 2 aliphatic heterocycles. The third-order valence-electron chi connectivity index (χ3n) is 5.25. The summed E-state index contributed by atoms with van der Waals surface area (Å²) in [7, 11) is -0.844. The van der Waals surface area contributed by atoms with Gasteiger partial charge in [0.15, 0.2) is 0 Å². The SMILES string of the molecule is CC[C@H](C)[C@@H](CO[P@]1OC[C@@H]2CCCN21)N=C[C]1[CH][CH][CH][CH]1.[CH]1[CH][CH][CH][CH]1.[Fe+2]. The Morgan fingerprint density at radius 1 is 1.21 bits per heavy atom. The molecule has 4 rings (SSSR count). The number of hydrogen-bond donors (Lipinski definition) is 0. The van der Waals surface area contributed by atoms with Gasteiger partial charge in [0.05, 0.1) is 19.3 Å². The van der Waals surface area contributed by atoms with Crippen LogP contribution in [-0.4, -0.2) is 42.7 Å². The standard InChI is InChI=1S/C17H26N2O2P.C5H5.Fe/c1-3-14(2)17(18-11-15-7-4-5-8-15)13-21-22-19-10-6-9-16(19)12-20-22;1-2-4-5-3-1;/h4-5,7-8,11,14,16-17H,3,6,9-10,12-13H2,1-2H3;1-5H;/q;;+2/t14-,16-,17+,22-;;/m0../s1. The van der Waals surface area contributed by atoms with Crippen LogP contribution in [0.1, 0.15) is 33.1 Å². The van der Waals surface area contributed by atoms with Crippen LogP contribution in [0.5, 0.6) is 0 Å². The first-order valence-corrected chi connectivity index (χ1v) is 11.1. The second-order valence-electron chi connectivity index (χ2n) is 7.20. The van der Waals surface area contributed by atoms with Crippen LogP contribution >= 0.6 is 8.53 Å². The molecule has 0 unspecified atom stereocenters. The largest absolute Gasteiger partial charge is 2.00 e. The van der Waals surface area contributed by atoms with E-state index in [1.165, 1.54) is 12.8 Å². The maximum atomic E-state index is 6.13. The molecule has 10 radical (unpaired) electrons. The Morgan fingerprint density at radius 2 is 1.89 bits per heavy atom. The molecule has 0 N–H and O–H groups in total. The van der Waals surface area contributed by atoms with Gasteiger partial charge in [0.1, 0.15) is 0 Å². The maximum Gasteiger partial charge on any atom is 2.00 e. The fourth-order valence-electron chi connectivity index (χ4n) is 3.28. The van der Waals surface area contributed by atoms with Gasteiger partial charge in [-0.2, -0.15) is 0 Å². The molecular formula is C22H31FeN2O2P+2. The molecule has 4 aliphatic rings. The molecule has 4 atom stereocenters. The van der Waals surface area contributed by atoms with E-state index in [1.54, 1.807) is 0 Å². The molecule has 0 amide bonds. The van der Waals surface area contributed by atoms with Crippen molar-refractivity contribution >= 4 is 14.7 Å². The van der Waals surface area contributed by atoms with Crippen molar-refractivity contribution in [2.75, 3.05) is 19.8 Å². The zero-order valence-electron chi connectivity index (χ0n) is 16.8. The molecule has 0 aromatic rings. The average molecular weight is 442 g/mol. The van der Waals surface area contributed by atoms with Crippen molar-refractivity contribution in [3.8, 4) is 0 Å². The van der Waals surface area contributed by atoms with Gasteiger partial charge in [-0.1, -0.05) is 20.3 Å². The summed E-state index contributed by atoms with van der Waals surface area (Å²) in [4.78, 5) is 4.77. The summed E-state index contributed by atoms with van der Waals surface area (Å²) in [6.07, 6.45) is 23.9. The summed E-state index contributed by atoms with van der Waals surface area (Å²) < 4.78 is 14.4. The molecule has 0 aromatic carbocycles. The molecule has 2 heterocycles. The number of nitrogens with zero attached hydrogens (tertiary/aromatic N) is 2. The number of fused-ring (bicyclic) bond motifs is 1. The minimum Gasteiger partial charge on any atom is -0.320 e. The molecule has 6 heteroatoms. The van der Waals surface area contributed by atoms with Gasteiger partial charge in [0.2, 0.25) is 0 Å². The predicted octanol–water partition coefficient (Wildman–Crippen LogP) is 4.63. The van der Waals surface area contributed by atoms with Gasteiger partial charge in [-0.3, -0.25) is 4.99 Å². The van der Waals surface area contributed by atoms with E-state index < -0.39 is 8.53 Å². The van der Waals surface area contributed by atoms with Crippen LogP contribution in [0, 0.1) is 69.6 Å². The summed E-state index contributed by atoms with van der Waals surface area (Å²) in [6.45, 7) is 7.08. The fraction of sp³-hybridized carbons (Fsp3) is 0.500. The molecule has 28 heavy (non-hydrogen) atoms. The molecule has 2 saturated heterocycles. The summed E-state index contributed by atoms with van der Waals surface area (Å²) in [5.74, 6) is 1.67. The summed E-state index contributed by atoms with van der Waals surface area (Å²) in [6, 6.07) is 0.800. The Bertz CT molecular complexity index is 437. The molecular weight excluding hydrogens is 411 g/mol. The van der Waals surface area contributed by atoms with Gasteiger partial charge < -0.3 is 9.05 Å². The van der Waals surface area contributed by atoms with Gasteiger partial charge in [0.25, 0.3) is 8.53 Å². The van der Waals surface area contributed by atoms with Crippen LogP contribution in [-0.2, 0) is 26.1 Å². The second-order valence-corrected chi connectivity index (χ2v) is 8.71. The number of hydrogen-bond acceptors (Lipinski definition) is 4. The Hall–Kier alpha value is 0.499. The molecule has 2 aliphatic carbocycles.